The van der Waals surface area contributed by atoms with E-state index in [1.807, 2.05) is 158 Å². The summed E-state index contributed by atoms with van der Waals surface area (Å²) in [6.45, 7) is 0.786. The minimum Gasteiger partial charge on any atom is -0.469 e. The monoisotopic (exact) mass is 1380 g/mol. The number of unbranched alkanes of at least 4 members (excludes halogenated alkanes) is 3. The number of nitrogens with one attached hydrogen (secondary N) is 7. The van der Waals surface area contributed by atoms with E-state index in [1.54, 1.807) is 0 Å². The summed E-state index contributed by atoms with van der Waals surface area (Å²) in [7, 11) is 1.24. The van der Waals surface area contributed by atoms with Crippen LogP contribution in [0.1, 0.15) is 132 Å². The number of fused-ring (bicyclic) bond motifs is 12. The van der Waals surface area contributed by atoms with Crippen LogP contribution in [-0.2, 0) is 42.9 Å². The molecule has 7 N–H and O–H groups in total. The molecule has 0 heterocycles. The Morgan fingerprint density at radius 3 is 0.833 bits per heavy atom. The van der Waals surface area contributed by atoms with Crippen LogP contribution in [0.3, 0.4) is 0 Å². The van der Waals surface area contributed by atoms with Crippen LogP contribution in [0.5, 0.6) is 0 Å². The number of hydrogen-bond donors (Lipinski definition) is 7. The Morgan fingerprint density at radius 2 is 0.539 bits per heavy atom. The molecule has 20 heteroatoms. The van der Waals surface area contributed by atoms with Gasteiger partial charge in [-0.2, -0.15) is 0 Å². The summed E-state index contributed by atoms with van der Waals surface area (Å²) in [5.74, 6) is -3.00. The molecule has 0 spiro atoms. The normalized spacial score (nSPS) is 13.7. The molecule has 0 aromatic heterocycles. The van der Waals surface area contributed by atoms with Gasteiger partial charge in [-0.15, -0.1) is 0 Å². The van der Waals surface area contributed by atoms with E-state index in [0.717, 1.165) is 89.0 Å². The maximum absolute atomic E-state index is 14.6. The maximum Gasteiger partial charge on any atom is 0.407 e. The number of rotatable bonds is 32. The number of amides is 7. The van der Waals surface area contributed by atoms with Crippen LogP contribution in [0.4, 0.5) is 19.2 Å². The number of hydrogen-bond acceptors (Lipinski definition) is 13. The van der Waals surface area contributed by atoms with Crippen LogP contribution in [0, 0.1) is 0 Å². The summed E-state index contributed by atoms with van der Waals surface area (Å²) >= 11 is 0. The van der Waals surface area contributed by atoms with Gasteiger partial charge in [0.15, 0.2) is 0 Å². The predicted octanol–water partition coefficient (Wildman–Crippen LogP) is 12.7. The Kier molecular flexibility index (Phi) is 23.7. The van der Waals surface area contributed by atoms with Crippen molar-refractivity contribution < 1.29 is 62.0 Å². The van der Waals surface area contributed by atoms with E-state index in [4.69, 9.17) is 23.7 Å². The fourth-order valence-corrected chi connectivity index (χ4v) is 14.6. The van der Waals surface area contributed by atoms with Crippen LogP contribution in [0.2, 0.25) is 0 Å². The number of ether oxygens (including phenoxy) is 5. The summed E-state index contributed by atoms with van der Waals surface area (Å²) in [4.78, 5) is 109. The maximum atomic E-state index is 14.6. The van der Waals surface area contributed by atoms with Gasteiger partial charge in [0.2, 0.25) is 17.7 Å². The van der Waals surface area contributed by atoms with E-state index < -0.39 is 66.2 Å². The third-order valence-electron chi connectivity index (χ3n) is 19.7. The molecule has 20 nitrogen and oxygen atoms in total. The quantitative estimate of drug-likeness (QED) is 0.0118. The van der Waals surface area contributed by atoms with Crippen LogP contribution < -0.4 is 37.2 Å². The van der Waals surface area contributed by atoms with E-state index in [9.17, 15) is 38.4 Å². The molecule has 526 valence electrons. The number of alkyl carbamates (subject to hydrolysis) is 4. The van der Waals surface area contributed by atoms with Crippen LogP contribution in [0.25, 0.3) is 44.5 Å². The standard InChI is InChI=1S/C82H85N7O13/c1-98-75(90)43-47-84-76(91)72(87-78(93)74(89-82(97)102-51-71-66-38-16-8-30-58(66)59-31-9-17-39-67(59)71)42-20-23-46-86-80(95)100-49-69-62-34-12-4-26-54(62)55-27-5-13-35-63(55)69)40-18-21-44-83-77(92)73(88-81(96)101-50-70-64-36-14-6-28-56(64)57-29-7-15-37-65(57)70)41-19-22-45-85-79(94)99-48-68-60-32-10-2-24-52(60)53-25-3-11-33-61(53)68/h2-17,24-39,68-74H,18-23,40-51H2,1H3,(H,83,92)(H,84,91)(H,85,94)(H,86,95)(H,87,93)(H,88,96)(H,89,97)/t72-,73-,74-/m0/s1. The van der Waals surface area contributed by atoms with Gasteiger partial charge in [0, 0.05) is 49.9 Å². The van der Waals surface area contributed by atoms with Crippen LogP contribution in [0.15, 0.2) is 194 Å². The van der Waals surface area contributed by atoms with E-state index in [-0.39, 0.29) is 102 Å². The lowest BCUT2D eigenvalue weighted by Gasteiger charge is -2.24. The Bertz CT molecular complexity index is 4170. The number of benzene rings is 8. The Labute approximate surface area is 593 Å². The van der Waals surface area contributed by atoms with E-state index in [2.05, 4.69) is 73.6 Å². The van der Waals surface area contributed by atoms with Gasteiger partial charge >= 0.3 is 30.3 Å². The Hall–Kier alpha value is -11.3. The Balaban J connectivity index is 0.661. The smallest absolute Gasteiger partial charge is 0.407 e. The highest BCUT2D eigenvalue weighted by molar-refractivity contribution is 5.92. The molecule has 7 amide bonds. The van der Waals surface area contributed by atoms with Crippen LogP contribution in [-0.4, -0.2) is 126 Å². The van der Waals surface area contributed by atoms with Crippen molar-refractivity contribution >= 4 is 48.1 Å². The second kappa shape index (κ2) is 34.2. The van der Waals surface area contributed by atoms with Gasteiger partial charge in [0.1, 0.15) is 44.6 Å². The van der Waals surface area contributed by atoms with Crippen molar-refractivity contribution in [1.29, 1.82) is 0 Å². The fraction of sp³-hybridized carbons (Fsp3) is 0.317. The predicted molar refractivity (Wildman–Crippen MR) is 386 cm³/mol. The van der Waals surface area contributed by atoms with Crippen LogP contribution >= 0.6 is 0 Å². The molecule has 8 aromatic carbocycles. The first-order valence-electron chi connectivity index (χ1n) is 35.3. The van der Waals surface area contributed by atoms with E-state index in [0.29, 0.717) is 38.5 Å². The Morgan fingerprint density at radius 1 is 0.294 bits per heavy atom. The molecule has 8 aromatic rings. The number of carbonyl (C=O) groups is 8. The van der Waals surface area contributed by atoms with Crippen molar-refractivity contribution in [2.75, 3.05) is 59.7 Å². The molecule has 0 saturated carbocycles. The topological polar surface area (TPSA) is 267 Å². The van der Waals surface area contributed by atoms with Gasteiger partial charge in [0.05, 0.1) is 13.5 Å². The molecule has 0 aliphatic heterocycles. The molecular formula is C82H85N7O13. The third-order valence-corrected chi connectivity index (χ3v) is 19.7. The summed E-state index contributed by atoms with van der Waals surface area (Å²) in [5.41, 5.74) is 17.1. The van der Waals surface area contributed by atoms with Gasteiger partial charge in [-0.05, 0) is 147 Å². The van der Waals surface area contributed by atoms with E-state index >= 15 is 0 Å². The molecule has 4 aliphatic rings. The zero-order chi connectivity index (χ0) is 70.7. The van der Waals surface area contributed by atoms with Gasteiger partial charge in [-0.1, -0.05) is 194 Å². The third kappa shape index (κ3) is 16.9. The molecule has 0 radical (unpaired) electrons. The summed E-state index contributed by atoms with van der Waals surface area (Å²) in [6, 6.07) is 60.8. The second-order valence-electron chi connectivity index (χ2n) is 26.0. The number of carbonyl (C=O) groups excluding carboxylic acids is 8. The zero-order valence-electron chi connectivity index (χ0n) is 57.1. The average molecular weight is 1380 g/mol. The molecule has 102 heavy (non-hydrogen) atoms. The SMILES string of the molecule is COC(=O)CCNC(=O)[C@H](CCCCNC(=O)[C@H](CCCCNC(=O)OCC1c2ccccc2-c2ccccc21)NC(=O)OCC1c2ccccc2-c2ccccc21)NC(=O)[C@H](CCCCNC(=O)OCC1c2ccccc2-c2ccccc21)NC(=O)OCC1c2ccccc2-c2ccccc21. The molecule has 0 saturated heterocycles. The molecule has 0 unspecified atom stereocenters. The van der Waals surface area contributed by atoms with Gasteiger partial charge < -0.3 is 60.9 Å². The van der Waals surface area contributed by atoms with Gasteiger partial charge in [0.25, 0.3) is 0 Å². The largest absolute Gasteiger partial charge is 0.469 e. The molecule has 0 bridgehead atoms. The second-order valence-corrected chi connectivity index (χ2v) is 26.0. The highest BCUT2D eigenvalue weighted by atomic mass is 16.6. The summed E-state index contributed by atoms with van der Waals surface area (Å²) in [6.07, 6.45) is -0.311. The summed E-state index contributed by atoms with van der Waals surface area (Å²) in [5, 5.41) is 19.8. The summed E-state index contributed by atoms with van der Waals surface area (Å²) < 4.78 is 28.1. The highest BCUT2D eigenvalue weighted by Crippen LogP contribution is 2.48. The average Bonchev–Trinajstić information content (AvgIpc) is 1.64. The minimum absolute atomic E-state index is 0.0184. The lowest BCUT2D eigenvalue weighted by atomic mass is 9.98. The molecule has 12 rings (SSSR count). The fourth-order valence-electron chi connectivity index (χ4n) is 14.6. The molecule has 4 aliphatic carbocycles. The van der Waals surface area contributed by atoms with Crippen molar-refractivity contribution in [3.8, 4) is 44.5 Å². The number of methoxy groups -OCH3 is 1. The van der Waals surface area contributed by atoms with Crippen molar-refractivity contribution in [3.63, 3.8) is 0 Å². The first-order chi connectivity index (χ1) is 49.9. The van der Waals surface area contributed by atoms with Gasteiger partial charge in [-0.3, -0.25) is 19.2 Å². The first kappa shape index (κ1) is 70.6. The van der Waals surface area contributed by atoms with E-state index in [1.165, 1.54) is 7.11 Å². The lowest BCUT2D eigenvalue weighted by molar-refractivity contribution is -0.140. The molecular weight excluding hydrogens is 1290 g/mol. The van der Waals surface area contributed by atoms with Crippen molar-refractivity contribution in [1.82, 2.24) is 37.2 Å². The minimum atomic E-state index is -1.20. The van der Waals surface area contributed by atoms with Gasteiger partial charge in [-0.25, -0.2) is 19.2 Å². The number of esters is 1. The zero-order valence-corrected chi connectivity index (χ0v) is 57.1. The first-order valence-corrected chi connectivity index (χ1v) is 35.3. The molecule has 0 fully saturated rings. The lowest BCUT2D eigenvalue weighted by Crippen LogP contribution is -2.54. The molecule has 3 atom stereocenters. The van der Waals surface area contributed by atoms with Crippen molar-refractivity contribution in [2.45, 2.75) is 106 Å². The van der Waals surface area contributed by atoms with Crippen molar-refractivity contribution in [2.24, 2.45) is 0 Å². The van der Waals surface area contributed by atoms with Crippen molar-refractivity contribution in [3.05, 3.63) is 239 Å². The highest BCUT2D eigenvalue weighted by Gasteiger charge is 2.35.